The number of unbranched alkanes of at least 4 members (excludes halogenated alkanes) is 2. The standard InChI is InChI=1S/C18H22N2O6/c1-3-5-9-19-15-11-13(20(23)24)7-8-14(15)16(25-10-6-4-2)17(18(19)22)26-12-21/h7-8,11-12H,3-6,9-10H2,1-2H3. The maximum Gasteiger partial charge on any atom is 0.298 e. The first-order valence-electron chi connectivity index (χ1n) is 8.63. The molecule has 1 aromatic carbocycles. The lowest BCUT2D eigenvalue weighted by Crippen LogP contribution is -2.24. The number of hydrogen-bond donors (Lipinski definition) is 0. The number of ether oxygens (including phenoxy) is 2. The fourth-order valence-corrected chi connectivity index (χ4v) is 2.65. The molecule has 0 saturated heterocycles. The second kappa shape index (κ2) is 8.98. The van der Waals surface area contributed by atoms with Gasteiger partial charge in [-0.25, -0.2) is 0 Å². The van der Waals surface area contributed by atoms with Crippen LogP contribution in [0, 0.1) is 10.1 Å². The number of hydrogen-bond acceptors (Lipinski definition) is 6. The average molecular weight is 362 g/mol. The van der Waals surface area contributed by atoms with Gasteiger partial charge in [0.05, 0.1) is 17.0 Å². The molecule has 1 heterocycles. The molecule has 0 atom stereocenters. The van der Waals surface area contributed by atoms with Crippen molar-refractivity contribution in [2.45, 2.75) is 46.1 Å². The average Bonchev–Trinajstić information content (AvgIpc) is 2.63. The third kappa shape index (κ3) is 4.01. The summed E-state index contributed by atoms with van der Waals surface area (Å²) >= 11 is 0. The molecule has 0 bridgehead atoms. The molecule has 0 amide bonds. The number of nitrogens with zero attached hydrogens (tertiary/aromatic N) is 2. The van der Waals surface area contributed by atoms with Gasteiger partial charge in [-0.15, -0.1) is 0 Å². The zero-order chi connectivity index (χ0) is 19.1. The van der Waals surface area contributed by atoms with E-state index in [1.54, 1.807) is 0 Å². The molecule has 140 valence electrons. The van der Waals surface area contributed by atoms with Gasteiger partial charge in [0.2, 0.25) is 5.75 Å². The quantitative estimate of drug-likeness (QED) is 0.278. The Labute approximate surface area is 150 Å². The highest BCUT2D eigenvalue weighted by Crippen LogP contribution is 2.34. The zero-order valence-corrected chi connectivity index (χ0v) is 14.9. The third-order valence-electron chi connectivity index (χ3n) is 4.02. The van der Waals surface area contributed by atoms with Crippen LogP contribution in [0.3, 0.4) is 0 Å². The molecule has 8 heteroatoms. The number of nitro groups is 1. The summed E-state index contributed by atoms with van der Waals surface area (Å²) in [6.07, 6.45) is 3.19. The fraction of sp³-hybridized carbons (Fsp3) is 0.444. The van der Waals surface area contributed by atoms with Crippen LogP contribution in [0.25, 0.3) is 10.9 Å². The lowest BCUT2D eigenvalue weighted by atomic mass is 10.1. The zero-order valence-electron chi connectivity index (χ0n) is 14.9. The summed E-state index contributed by atoms with van der Waals surface area (Å²) in [4.78, 5) is 34.4. The van der Waals surface area contributed by atoms with Gasteiger partial charge in [-0.3, -0.25) is 19.7 Å². The summed E-state index contributed by atoms with van der Waals surface area (Å²) in [5.41, 5.74) is -0.266. The number of carbonyl (C=O) groups is 1. The van der Waals surface area contributed by atoms with Gasteiger partial charge >= 0.3 is 0 Å². The van der Waals surface area contributed by atoms with Crippen molar-refractivity contribution in [1.82, 2.24) is 4.57 Å². The van der Waals surface area contributed by atoms with Crippen LogP contribution in [0.1, 0.15) is 39.5 Å². The van der Waals surface area contributed by atoms with E-state index >= 15 is 0 Å². The number of rotatable bonds is 10. The molecule has 1 aromatic heterocycles. The van der Waals surface area contributed by atoms with E-state index in [0.717, 1.165) is 19.3 Å². The normalized spacial score (nSPS) is 10.7. The van der Waals surface area contributed by atoms with Crippen molar-refractivity contribution < 1.29 is 19.2 Å². The van der Waals surface area contributed by atoms with Crippen molar-refractivity contribution in [2.24, 2.45) is 0 Å². The van der Waals surface area contributed by atoms with Crippen molar-refractivity contribution in [3.63, 3.8) is 0 Å². The van der Waals surface area contributed by atoms with Crippen molar-refractivity contribution >= 4 is 23.1 Å². The molecule has 8 nitrogen and oxygen atoms in total. The van der Waals surface area contributed by atoms with Gasteiger partial charge in [-0.1, -0.05) is 26.7 Å². The lowest BCUT2D eigenvalue weighted by molar-refractivity contribution is -0.384. The van der Waals surface area contributed by atoms with E-state index in [2.05, 4.69) is 0 Å². The monoisotopic (exact) mass is 362 g/mol. The van der Waals surface area contributed by atoms with Gasteiger partial charge in [-0.05, 0) is 18.9 Å². The van der Waals surface area contributed by atoms with Gasteiger partial charge in [0.25, 0.3) is 17.7 Å². The van der Waals surface area contributed by atoms with Crippen LogP contribution in [-0.4, -0.2) is 22.6 Å². The molecule has 0 N–H and O–H groups in total. The minimum Gasteiger partial charge on any atom is -0.489 e. The Kier molecular flexibility index (Phi) is 6.71. The van der Waals surface area contributed by atoms with E-state index in [0.29, 0.717) is 30.5 Å². The lowest BCUT2D eigenvalue weighted by Gasteiger charge is -2.17. The molecule has 2 aromatic rings. The third-order valence-corrected chi connectivity index (χ3v) is 4.02. The van der Waals surface area contributed by atoms with Gasteiger partial charge in [0.1, 0.15) is 0 Å². The Morgan fingerprint density at radius 2 is 1.92 bits per heavy atom. The Balaban J connectivity index is 2.76. The summed E-state index contributed by atoms with van der Waals surface area (Å²) in [5, 5.41) is 11.6. The second-order valence-electron chi connectivity index (χ2n) is 5.84. The molecule has 0 aliphatic carbocycles. The molecule has 0 unspecified atom stereocenters. The van der Waals surface area contributed by atoms with Crippen LogP contribution in [0.4, 0.5) is 5.69 Å². The number of non-ortho nitro benzene ring substituents is 1. The topological polar surface area (TPSA) is 101 Å². The number of fused-ring (bicyclic) bond motifs is 1. The van der Waals surface area contributed by atoms with Crippen LogP contribution in [-0.2, 0) is 11.3 Å². The highest BCUT2D eigenvalue weighted by molar-refractivity contribution is 5.90. The Morgan fingerprint density at radius 1 is 1.19 bits per heavy atom. The van der Waals surface area contributed by atoms with E-state index in [1.165, 1.54) is 22.8 Å². The molecular weight excluding hydrogens is 340 g/mol. The van der Waals surface area contributed by atoms with Crippen LogP contribution >= 0.6 is 0 Å². The summed E-state index contributed by atoms with van der Waals surface area (Å²) in [5.74, 6) is -0.0400. The highest BCUT2D eigenvalue weighted by Gasteiger charge is 2.21. The summed E-state index contributed by atoms with van der Waals surface area (Å²) < 4.78 is 12.0. The Hall–Kier alpha value is -2.90. The van der Waals surface area contributed by atoms with E-state index < -0.39 is 10.5 Å². The molecule has 0 aliphatic rings. The predicted molar refractivity (Wildman–Crippen MR) is 96.9 cm³/mol. The molecule has 0 spiro atoms. The van der Waals surface area contributed by atoms with Gasteiger partial charge in [-0.2, -0.15) is 0 Å². The minimum absolute atomic E-state index is 0.120. The van der Waals surface area contributed by atoms with Crippen LogP contribution in [0.2, 0.25) is 0 Å². The first kappa shape index (κ1) is 19.4. The Morgan fingerprint density at radius 3 is 2.54 bits per heavy atom. The molecule has 0 radical (unpaired) electrons. The number of pyridine rings is 1. The van der Waals surface area contributed by atoms with E-state index in [-0.39, 0.29) is 23.7 Å². The number of benzene rings is 1. The maximum atomic E-state index is 12.8. The second-order valence-corrected chi connectivity index (χ2v) is 5.84. The number of aromatic nitrogens is 1. The highest BCUT2D eigenvalue weighted by atomic mass is 16.6. The first-order chi connectivity index (χ1) is 12.5. The molecule has 2 rings (SSSR count). The van der Waals surface area contributed by atoms with Crippen LogP contribution in [0.15, 0.2) is 23.0 Å². The van der Waals surface area contributed by atoms with E-state index in [4.69, 9.17) is 9.47 Å². The maximum absolute atomic E-state index is 12.8. The van der Waals surface area contributed by atoms with Crippen LogP contribution in [0.5, 0.6) is 11.5 Å². The summed E-state index contributed by atoms with van der Waals surface area (Å²) in [6, 6.07) is 4.21. The fourth-order valence-electron chi connectivity index (χ4n) is 2.65. The molecular formula is C18H22N2O6. The van der Waals surface area contributed by atoms with Crippen molar-refractivity contribution in [2.75, 3.05) is 6.61 Å². The van der Waals surface area contributed by atoms with Gasteiger partial charge < -0.3 is 14.0 Å². The molecule has 0 aliphatic heterocycles. The van der Waals surface area contributed by atoms with Crippen molar-refractivity contribution in [1.29, 1.82) is 0 Å². The largest absolute Gasteiger partial charge is 0.489 e. The number of nitro benzene ring substituents is 1. The summed E-state index contributed by atoms with van der Waals surface area (Å²) in [6.45, 7) is 4.86. The van der Waals surface area contributed by atoms with Crippen LogP contribution < -0.4 is 15.0 Å². The van der Waals surface area contributed by atoms with Crippen molar-refractivity contribution in [3.05, 3.63) is 38.7 Å². The van der Waals surface area contributed by atoms with E-state index in [9.17, 15) is 19.7 Å². The van der Waals surface area contributed by atoms with Crippen molar-refractivity contribution in [3.8, 4) is 11.5 Å². The smallest absolute Gasteiger partial charge is 0.298 e. The molecule has 26 heavy (non-hydrogen) atoms. The molecule has 0 fully saturated rings. The van der Waals surface area contributed by atoms with Gasteiger partial charge in [0.15, 0.2) is 5.75 Å². The summed E-state index contributed by atoms with van der Waals surface area (Å²) in [7, 11) is 0. The molecule has 0 saturated carbocycles. The SMILES string of the molecule is CCCCOc1c(OC=O)c(=O)n(CCCC)c2cc([N+](=O)[O-])ccc12. The number of carbonyl (C=O) groups excluding carboxylic acids is 1. The number of aryl methyl sites for hydroxylation is 1. The predicted octanol–water partition coefficient (Wildman–Crippen LogP) is 3.42. The first-order valence-corrected chi connectivity index (χ1v) is 8.63. The minimum atomic E-state index is -0.537. The van der Waals surface area contributed by atoms with Gasteiger partial charge in [0, 0.05) is 24.1 Å². The van der Waals surface area contributed by atoms with E-state index in [1.807, 2.05) is 13.8 Å². The Bertz CT molecular complexity index is 859.